The second-order valence-electron chi connectivity index (χ2n) is 4.72. The molecule has 0 spiro atoms. The van der Waals surface area contributed by atoms with E-state index < -0.39 is 0 Å². The molecule has 5 nitrogen and oxygen atoms in total. The van der Waals surface area contributed by atoms with E-state index in [9.17, 15) is 4.79 Å². The average Bonchev–Trinajstić information content (AvgIpc) is 2.68. The van der Waals surface area contributed by atoms with Gasteiger partial charge in [0.1, 0.15) is 11.5 Å². The zero-order chi connectivity index (χ0) is 13.3. The van der Waals surface area contributed by atoms with Gasteiger partial charge in [0.2, 0.25) is 0 Å². The van der Waals surface area contributed by atoms with Gasteiger partial charge in [-0.15, -0.1) is 0 Å². The predicted octanol–water partition coefficient (Wildman–Crippen LogP) is 1.70. The quantitative estimate of drug-likeness (QED) is 0.896. The molecule has 96 valence electrons. The van der Waals surface area contributed by atoms with E-state index in [0.717, 1.165) is 11.4 Å². The molecule has 2 aromatic rings. The molecule has 5 heteroatoms. The van der Waals surface area contributed by atoms with Crippen molar-refractivity contribution in [1.82, 2.24) is 14.3 Å². The molecule has 0 aliphatic carbocycles. The molecule has 0 amide bonds. The van der Waals surface area contributed by atoms with E-state index in [2.05, 4.69) is 10.4 Å². The third-order valence-corrected chi connectivity index (χ3v) is 2.64. The summed E-state index contributed by atoms with van der Waals surface area (Å²) in [5.41, 5.74) is 1.59. The Morgan fingerprint density at radius 3 is 2.67 bits per heavy atom. The summed E-state index contributed by atoms with van der Waals surface area (Å²) in [6.45, 7) is 5.99. The van der Waals surface area contributed by atoms with Gasteiger partial charge in [-0.2, -0.15) is 5.10 Å². The molecular formula is C13H18N4O. The van der Waals surface area contributed by atoms with Gasteiger partial charge in [0.05, 0.1) is 6.20 Å². The van der Waals surface area contributed by atoms with Gasteiger partial charge in [-0.05, 0) is 32.4 Å². The number of nitrogens with zero attached hydrogens (tertiary/aromatic N) is 3. The Kier molecular flexibility index (Phi) is 3.23. The van der Waals surface area contributed by atoms with Crippen molar-refractivity contribution < 1.29 is 0 Å². The molecule has 0 saturated carbocycles. The molecular weight excluding hydrogens is 228 g/mol. The molecule has 0 aromatic carbocycles. The first-order valence-electron chi connectivity index (χ1n) is 5.97. The zero-order valence-corrected chi connectivity index (χ0v) is 11.1. The van der Waals surface area contributed by atoms with Gasteiger partial charge in [-0.1, -0.05) is 0 Å². The third kappa shape index (κ3) is 2.30. The molecule has 0 aliphatic rings. The van der Waals surface area contributed by atoms with Crippen LogP contribution in [0.15, 0.2) is 29.3 Å². The minimum absolute atomic E-state index is 0.0575. The highest BCUT2D eigenvalue weighted by Crippen LogP contribution is 2.10. The van der Waals surface area contributed by atoms with Crippen molar-refractivity contribution in [3.63, 3.8) is 0 Å². The minimum Gasteiger partial charge on any atom is -0.378 e. The summed E-state index contributed by atoms with van der Waals surface area (Å²) in [5.74, 6) is 0.760. The molecule has 0 aliphatic heterocycles. The number of pyridine rings is 1. The van der Waals surface area contributed by atoms with E-state index in [1.165, 1.54) is 0 Å². The summed E-state index contributed by atoms with van der Waals surface area (Å²) in [6.07, 6.45) is 3.50. The molecule has 2 heterocycles. The molecule has 0 unspecified atom stereocenters. The maximum absolute atomic E-state index is 12.4. The van der Waals surface area contributed by atoms with E-state index in [1.54, 1.807) is 15.4 Å². The van der Waals surface area contributed by atoms with Crippen LogP contribution in [0, 0.1) is 6.92 Å². The largest absolute Gasteiger partial charge is 0.378 e. The summed E-state index contributed by atoms with van der Waals surface area (Å²) in [4.78, 5) is 12.4. The molecule has 2 rings (SSSR count). The van der Waals surface area contributed by atoms with Crippen molar-refractivity contribution in [2.45, 2.75) is 26.8 Å². The van der Waals surface area contributed by atoms with Crippen molar-refractivity contribution in [2.75, 3.05) is 5.32 Å². The van der Waals surface area contributed by atoms with Crippen LogP contribution >= 0.6 is 0 Å². The fourth-order valence-electron chi connectivity index (χ4n) is 1.91. The summed E-state index contributed by atoms with van der Waals surface area (Å²) in [6, 6.07) is 3.91. The number of anilines is 1. The van der Waals surface area contributed by atoms with Crippen LogP contribution < -0.4 is 10.9 Å². The van der Waals surface area contributed by atoms with Gasteiger partial charge >= 0.3 is 0 Å². The van der Waals surface area contributed by atoms with Crippen LogP contribution in [0.4, 0.5) is 5.69 Å². The fraction of sp³-hybridized carbons (Fsp3) is 0.385. The molecule has 0 atom stereocenters. The fourth-order valence-corrected chi connectivity index (χ4v) is 1.91. The number of aromatic nitrogens is 3. The Balaban J connectivity index is 2.59. The monoisotopic (exact) mass is 246 g/mol. The van der Waals surface area contributed by atoms with Gasteiger partial charge in [0.25, 0.3) is 5.56 Å². The minimum atomic E-state index is -0.0575. The van der Waals surface area contributed by atoms with Crippen LogP contribution in [0.1, 0.15) is 19.4 Å². The summed E-state index contributed by atoms with van der Waals surface area (Å²) >= 11 is 0. The summed E-state index contributed by atoms with van der Waals surface area (Å²) < 4.78 is 3.30. The highest BCUT2D eigenvalue weighted by Gasteiger charge is 2.09. The van der Waals surface area contributed by atoms with E-state index in [0.29, 0.717) is 5.69 Å². The van der Waals surface area contributed by atoms with E-state index in [1.807, 2.05) is 46.1 Å². The number of aryl methyl sites for hydroxylation is 2. The standard InChI is InChI=1S/C13H18N4O/c1-9(2)15-11-7-10(3)8-17(13(11)18)12-5-6-14-16(12)4/h5-9,15H,1-4H3. The third-order valence-electron chi connectivity index (χ3n) is 2.64. The van der Waals surface area contributed by atoms with Gasteiger partial charge < -0.3 is 5.32 Å². The molecule has 18 heavy (non-hydrogen) atoms. The van der Waals surface area contributed by atoms with Gasteiger partial charge in [-0.3, -0.25) is 14.0 Å². The first kappa shape index (κ1) is 12.4. The van der Waals surface area contributed by atoms with Crippen LogP contribution in [0.5, 0.6) is 0 Å². The lowest BCUT2D eigenvalue weighted by Gasteiger charge is -2.13. The Morgan fingerprint density at radius 1 is 1.39 bits per heavy atom. The topological polar surface area (TPSA) is 51.9 Å². The van der Waals surface area contributed by atoms with Crippen LogP contribution in [0.3, 0.4) is 0 Å². The first-order valence-corrected chi connectivity index (χ1v) is 5.97. The van der Waals surface area contributed by atoms with Crippen LogP contribution in [-0.2, 0) is 7.05 Å². The van der Waals surface area contributed by atoms with Crippen LogP contribution in [-0.4, -0.2) is 20.4 Å². The second kappa shape index (κ2) is 4.68. The Hall–Kier alpha value is -2.04. The highest BCUT2D eigenvalue weighted by atomic mass is 16.1. The number of nitrogens with one attached hydrogen (secondary N) is 1. The predicted molar refractivity (Wildman–Crippen MR) is 72.3 cm³/mol. The zero-order valence-electron chi connectivity index (χ0n) is 11.1. The molecule has 2 aromatic heterocycles. The van der Waals surface area contributed by atoms with Gasteiger partial charge in [-0.25, -0.2) is 0 Å². The Morgan fingerprint density at radius 2 is 2.11 bits per heavy atom. The van der Waals surface area contributed by atoms with Gasteiger partial charge in [0, 0.05) is 25.4 Å². The van der Waals surface area contributed by atoms with Crippen molar-refractivity contribution in [1.29, 1.82) is 0 Å². The molecule has 0 radical (unpaired) electrons. The summed E-state index contributed by atoms with van der Waals surface area (Å²) in [7, 11) is 1.82. The number of hydrogen-bond donors (Lipinski definition) is 1. The lowest BCUT2D eigenvalue weighted by Crippen LogP contribution is -2.26. The lowest BCUT2D eigenvalue weighted by molar-refractivity contribution is 0.720. The van der Waals surface area contributed by atoms with Crippen molar-refractivity contribution in [3.05, 3.63) is 40.4 Å². The molecule has 0 bridgehead atoms. The van der Waals surface area contributed by atoms with E-state index in [4.69, 9.17) is 0 Å². The first-order chi connectivity index (χ1) is 8.49. The van der Waals surface area contributed by atoms with Crippen molar-refractivity contribution in [2.24, 2.45) is 7.05 Å². The number of rotatable bonds is 3. The second-order valence-corrected chi connectivity index (χ2v) is 4.72. The van der Waals surface area contributed by atoms with Crippen molar-refractivity contribution >= 4 is 5.69 Å². The van der Waals surface area contributed by atoms with E-state index in [-0.39, 0.29) is 11.6 Å². The molecule has 0 fully saturated rings. The Labute approximate surface area is 106 Å². The average molecular weight is 246 g/mol. The molecule has 0 saturated heterocycles. The maximum Gasteiger partial charge on any atom is 0.279 e. The van der Waals surface area contributed by atoms with Crippen molar-refractivity contribution in [3.8, 4) is 5.82 Å². The van der Waals surface area contributed by atoms with Gasteiger partial charge in [0.15, 0.2) is 0 Å². The van der Waals surface area contributed by atoms with Crippen LogP contribution in [0.25, 0.3) is 5.82 Å². The smallest absolute Gasteiger partial charge is 0.279 e. The van der Waals surface area contributed by atoms with Crippen LogP contribution in [0.2, 0.25) is 0 Å². The number of hydrogen-bond acceptors (Lipinski definition) is 3. The summed E-state index contributed by atoms with van der Waals surface area (Å²) in [5, 5.41) is 7.26. The molecule has 1 N–H and O–H groups in total. The normalized spacial score (nSPS) is 10.9. The van der Waals surface area contributed by atoms with E-state index >= 15 is 0 Å². The SMILES string of the molecule is Cc1cc(NC(C)C)c(=O)n(-c2ccnn2C)c1. The Bertz CT molecular complexity index is 610. The highest BCUT2D eigenvalue weighted by molar-refractivity contribution is 5.46. The lowest BCUT2D eigenvalue weighted by atomic mass is 10.2. The maximum atomic E-state index is 12.4.